The van der Waals surface area contributed by atoms with E-state index in [1.54, 1.807) is 0 Å². The monoisotopic (exact) mass is 497 g/mol. The number of rotatable bonds is 8. The van der Waals surface area contributed by atoms with Gasteiger partial charge >= 0.3 is 29.2 Å². The largest absolute Gasteiger partial charge is 0.490 e. The van der Waals surface area contributed by atoms with Gasteiger partial charge in [0.2, 0.25) is 0 Å². The minimum absolute atomic E-state index is 0.125. The average molecular weight is 497 g/mol. The summed E-state index contributed by atoms with van der Waals surface area (Å²) in [6.45, 7) is 0.0455. The highest BCUT2D eigenvalue weighted by molar-refractivity contribution is 7.66. The molecule has 1 aromatic heterocycles. The number of hydrogen-bond acceptors (Lipinski definition) is 12. The molecule has 6 atom stereocenters. The third-order valence-electron chi connectivity index (χ3n) is 3.69. The third kappa shape index (κ3) is 6.24. The quantitative estimate of drug-likeness (QED) is 0.195. The van der Waals surface area contributed by atoms with E-state index in [9.17, 15) is 33.6 Å². The maximum Gasteiger partial charge on any atom is 0.490 e. The Hall–Kier alpha value is -1.03. The van der Waals surface area contributed by atoms with Crippen LogP contribution in [0.3, 0.4) is 0 Å². The fourth-order valence-electron chi connectivity index (χ4n) is 2.41. The van der Waals surface area contributed by atoms with Crippen LogP contribution in [0.15, 0.2) is 17.1 Å². The molecule has 30 heavy (non-hydrogen) atoms. The van der Waals surface area contributed by atoms with Gasteiger partial charge in [0.1, 0.15) is 23.6 Å². The lowest BCUT2D eigenvalue weighted by Gasteiger charge is -2.28. The van der Waals surface area contributed by atoms with Crippen molar-refractivity contribution in [2.45, 2.75) is 31.0 Å². The Bertz CT molecular complexity index is 994. The molecular weight excluding hydrogens is 479 g/mol. The fourth-order valence-corrected chi connectivity index (χ4v) is 5.52. The van der Waals surface area contributed by atoms with E-state index in [1.807, 2.05) is 0 Å². The van der Waals surface area contributed by atoms with Crippen molar-refractivity contribution in [3.63, 3.8) is 0 Å². The van der Waals surface area contributed by atoms with Crippen LogP contribution in [0.2, 0.25) is 0 Å². The van der Waals surface area contributed by atoms with Crippen LogP contribution in [0.4, 0.5) is 5.82 Å². The highest BCUT2D eigenvalue weighted by Gasteiger charge is 2.54. The molecule has 17 nitrogen and oxygen atoms in total. The van der Waals surface area contributed by atoms with Crippen LogP contribution >= 0.6 is 23.5 Å². The Balaban J connectivity index is 2.14. The topological polar surface area (TPSA) is 270 Å². The first kappa shape index (κ1) is 25.2. The fraction of sp³-hybridized carbons (Fsp3) is 0.600. The van der Waals surface area contributed by atoms with E-state index in [-0.39, 0.29) is 5.82 Å². The molecule has 1 aliphatic rings. The zero-order valence-electron chi connectivity index (χ0n) is 14.9. The number of aliphatic hydroxyl groups excluding tert-OH is 2. The van der Waals surface area contributed by atoms with E-state index < -0.39 is 59.8 Å². The summed E-state index contributed by atoms with van der Waals surface area (Å²) < 4.78 is 51.4. The standard InChI is InChI=1S/C10H18N3O14P3/c1-10(4-24-29(20,21)27-30(22,23)26-28(17,18)19)7(15)6(14)8(25-10)13-3-2-5(11)12-9(13)16/h2-3,6-8,14-15H,4H2,1H3,(H,20,21)(H,22,23)(H2,11,12,16)(H2,17,18,19). The predicted molar refractivity (Wildman–Crippen MR) is 93.3 cm³/mol. The van der Waals surface area contributed by atoms with Gasteiger partial charge in [0.05, 0.1) is 6.61 Å². The van der Waals surface area contributed by atoms with Crippen LogP contribution < -0.4 is 11.4 Å². The first-order valence-electron chi connectivity index (χ1n) is 7.62. The molecular formula is C10H18N3O14P3. The molecule has 2 rings (SSSR count). The van der Waals surface area contributed by atoms with Crippen molar-refractivity contribution in [1.82, 2.24) is 9.55 Å². The second-order valence-corrected chi connectivity index (χ2v) is 10.6. The molecule has 172 valence electrons. The number of nitrogen functional groups attached to an aromatic ring is 1. The molecule has 8 N–H and O–H groups in total. The molecule has 2 heterocycles. The number of ether oxygens (including phenoxy) is 1. The summed E-state index contributed by atoms with van der Waals surface area (Å²) in [5.74, 6) is -0.125. The van der Waals surface area contributed by atoms with Crippen LogP contribution in [0, 0.1) is 0 Å². The summed E-state index contributed by atoms with van der Waals surface area (Å²) in [6, 6.07) is 1.20. The van der Waals surface area contributed by atoms with Gasteiger partial charge in [-0.1, -0.05) is 0 Å². The Morgan fingerprint density at radius 1 is 1.20 bits per heavy atom. The molecule has 1 saturated heterocycles. The Kier molecular flexibility index (Phi) is 7.14. The molecule has 1 aromatic rings. The number of anilines is 1. The molecule has 1 fully saturated rings. The minimum atomic E-state index is -5.74. The van der Waals surface area contributed by atoms with Crippen LogP contribution in [0.5, 0.6) is 0 Å². The first-order valence-corrected chi connectivity index (χ1v) is 12.1. The number of aromatic nitrogens is 2. The number of hydrogen-bond donors (Lipinski definition) is 7. The van der Waals surface area contributed by atoms with Gasteiger partial charge in [-0.05, 0) is 13.0 Å². The van der Waals surface area contributed by atoms with E-state index >= 15 is 0 Å². The maximum atomic E-state index is 11.9. The highest BCUT2D eigenvalue weighted by atomic mass is 31.3. The summed E-state index contributed by atoms with van der Waals surface area (Å²) in [4.78, 5) is 50.9. The van der Waals surface area contributed by atoms with Crippen LogP contribution in [-0.4, -0.2) is 63.8 Å². The normalized spacial score (nSPS) is 31.2. The van der Waals surface area contributed by atoms with Crippen molar-refractivity contribution >= 4 is 29.3 Å². The summed E-state index contributed by atoms with van der Waals surface area (Å²) >= 11 is 0. The summed E-state index contributed by atoms with van der Waals surface area (Å²) in [6.07, 6.45) is -3.96. The number of aliphatic hydroxyl groups is 2. The Morgan fingerprint density at radius 2 is 1.80 bits per heavy atom. The third-order valence-corrected chi connectivity index (χ3v) is 7.47. The number of nitrogens with zero attached hydrogens (tertiary/aromatic N) is 2. The van der Waals surface area contributed by atoms with E-state index in [2.05, 4.69) is 18.1 Å². The molecule has 0 amide bonds. The zero-order valence-corrected chi connectivity index (χ0v) is 17.5. The molecule has 0 radical (unpaired) electrons. The summed E-state index contributed by atoms with van der Waals surface area (Å²) in [5.41, 5.74) is 2.45. The SMILES string of the molecule is CC1(COP(=O)(O)OP(=O)(O)OP(=O)(O)O)OC(n2ccc(N)nc2=O)C(O)C1O. The van der Waals surface area contributed by atoms with Crippen molar-refractivity contribution in [1.29, 1.82) is 0 Å². The average Bonchev–Trinajstić information content (AvgIpc) is 2.75. The van der Waals surface area contributed by atoms with E-state index in [1.165, 1.54) is 6.07 Å². The van der Waals surface area contributed by atoms with Crippen LogP contribution in [0.25, 0.3) is 0 Å². The Morgan fingerprint density at radius 3 is 2.33 bits per heavy atom. The van der Waals surface area contributed by atoms with Gasteiger partial charge in [-0.25, -0.2) is 18.5 Å². The molecule has 1 aliphatic heterocycles. The molecule has 0 bridgehead atoms. The lowest BCUT2D eigenvalue weighted by Crippen LogP contribution is -2.44. The highest BCUT2D eigenvalue weighted by Crippen LogP contribution is 2.66. The van der Waals surface area contributed by atoms with Crippen molar-refractivity contribution in [3.8, 4) is 0 Å². The number of phosphoric acid groups is 3. The van der Waals surface area contributed by atoms with Gasteiger partial charge in [0.15, 0.2) is 6.23 Å². The van der Waals surface area contributed by atoms with Gasteiger partial charge in [0, 0.05) is 6.20 Å². The van der Waals surface area contributed by atoms with Gasteiger partial charge in [-0.2, -0.15) is 13.6 Å². The van der Waals surface area contributed by atoms with E-state index in [0.717, 1.165) is 17.7 Å². The van der Waals surface area contributed by atoms with Gasteiger partial charge in [-0.15, -0.1) is 0 Å². The van der Waals surface area contributed by atoms with Crippen LogP contribution in [-0.2, 0) is 31.6 Å². The van der Waals surface area contributed by atoms with Gasteiger partial charge < -0.3 is 40.3 Å². The molecule has 20 heteroatoms. The smallest absolute Gasteiger partial charge is 0.387 e. The Labute approximate surface area is 167 Å². The van der Waals surface area contributed by atoms with Crippen molar-refractivity contribution in [2.24, 2.45) is 0 Å². The molecule has 0 saturated carbocycles. The predicted octanol–water partition coefficient (Wildman–Crippen LogP) is -1.82. The van der Waals surface area contributed by atoms with E-state index in [4.69, 9.17) is 25.2 Å². The molecule has 0 aromatic carbocycles. The number of nitrogens with two attached hydrogens (primary N) is 1. The van der Waals surface area contributed by atoms with Gasteiger partial charge in [-0.3, -0.25) is 9.09 Å². The lowest BCUT2D eigenvalue weighted by atomic mass is 9.99. The summed E-state index contributed by atoms with van der Waals surface area (Å²) in [5, 5.41) is 20.4. The zero-order chi connectivity index (χ0) is 23.1. The van der Waals surface area contributed by atoms with Gasteiger partial charge in [0.25, 0.3) is 0 Å². The minimum Gasteiger partial charge on any atom is -0.387 e. The maximum absolute atomic E-state index is 11.9. The molecule has 6 unspecified atom stereocenters. The van der Waals surface area contributed by atoms with Crippen LogP contribution in [0.1, 0.15) is 13.2 Å². The van der Waals surface area contributed by atoms with E-state index in [0.29, 0.717) is 0 Å². The van der Waals surface area contributed by atoms with Crippen molar-refractivity contribution < 1.29 is 61.4 Å². The second-order valence-electron chi connectivity index (χ2n) is 6.16. The van der Waals surface area contributed by atoms with Crippen molar-refractivity contribution in [2.75, 3.05) is 12.3 Å². The first-order chi connectivity index (χ1) is 13.4. The van der Waals surface area contributed by atoms with Crippen molar-refractivity contribution in [3.05, 3.63) is 22.7 Å². The lowest BCUT2D eigenvalue weighted by molar-refractivity contribution is -0.115. The second kappa shape index (κ2) is 8.48. The molecule has 0 spiro atoms. The number of phosphoric ester groups is 1. The summed E-state index contributed by atoms with van der Waals surface area (Å²) in [7, 11) is -16.8. The molecule has 0 aliphatic carbocycles.